The van der Waals surface area contributed by atoms with E-state index < -0.39 is 0 Å². The Kier molecular flexibility index (Phi) is 5.20. The second-order valence-electron chi connectivity index (χ2n) is 11.1. The molecule has 0 fully saturated rings. The van der Waals surface area contributed by atoms with Gasteiger partial charge in [0.05, 0.1) is 5.69 Å². The van der Waals surface area contributed by atoms with Gasteiger partial charge in [0.1, 0.15) is 0 Å². The van der Waals surface area contributed by atoms with Crippen LogP contribution in [0.15, 0.2) is 152 Å². The molecule has 0 unspecified atom stereocenters. The first-order valence-corrected chi connectivity index (χ1v) is 14.6. The standard InChI is InChI=1S/C40H25N3/c1-2-11-34(12-3-1)43-40(31-18-13-27(14-19-31)33-20-15-26-7-4-5-8-32(26)25-33)41-39(42-43)36-24-22-30-17-16-28-9-6-10-29-21-23-35(36)38(30)37(28)29/h1-25H. The number of benzene rings is 8. The number of para-hydroxylation sites is 1. The summed E-state index contributed by atoms with van der Waals surface area (Å²) in [5.74, 6) is 1.53. The smallest absolute Gasteiger partial charge is 0.182 e. The van der Waals surface area contributed by atoms with Crippen LogP contribution in [0.2, 0.25) is 0 Å². The lowest BCUT2D eigenvalue weighted by Gasteiger charge is -2.12. The van der Waals surface area contributed by atoms with Crippen molar-refractivity contribution in [3.8, 4) is 39.6 Å². The summed E-state index contributed by atoms with van der Waals surface area (Å²) >= 11 is 0. The Balaban J connectivity index is 1.20. The van der Waals surface area contributed by atoms with Crippen molar-refractivity contribution in [2.24, 2.45) is 0 Å². The van der Waals surface area contributed by atoms with Gasteiger partial charge in [0, 0.05) is 11.1 Å². The molecule has 0 aliphatic rings. The SMILES string of the molecule is c1ccc(-n2nc(-c3ccc4ccc5cccc6ccc3c4c56)nc2-c2ccc(-c3ccc4ccccc4c3)cc2)cc1. The molecule has 0 amide bonds. The van der Waals surface area contributed by atoms with Crippen molar-refractivity contribution in [3.63, 3.8) is 0 Å². The topological polar surface area (TPSA) is 30.7 Å². The molecule has 0 saturated carbocycles. The Bertz CT molecular complexity index is 2420. The zero-order valence-corrected chi connectivity index (χ0v) is 23.3. The van der Waals surface area contributed by atoms with E-state index in [-0.39, 0.29) is 0 Å². The van der Waals surface area contributed by atoms with E-state index in [9.17, 15) is 0 Å². The Labute approximate surface area is 248 Å². The lowest BCUT2D eigenvalue weighted by Crippen LogP contribution is -1.99. The number of aromatic nitrogens is 3. The van der Waals surface area contributed by atoms with Gasteiger partial charge in [-0.25, -0.2) is 9.67 Å². The van der Waals surface area contributed by atoms with Gasteiger partial charge in [-0.15, -0.1) is 5.10 Å². The van der Waals surface area contributed by atoms with E-state index in [1.807, 2.05) is 22.9 Å². The van der Waals surface area contributed by atoms with Gasteiger partial charge < -0.3 is 0 Å². The summed E-state index contributed by atoms with van der Waals surface area (Å²) in [6.07, 6.45) is 0. The largest absolute Gasteiger partial charge is 0.213 e. The third-order valence-corrected chi connectivity index (χ3v) is 8.60. The fourth-order valence-corrected chi connectivity index (χ4v) is 6.47. The summed E-state index contributed by atoms with van der Waals surface area (Å²) in [6, 6.07) is 53.8. The van der Waals surface area contributed by atoms with Crippen LogP contribution < -0.4 is 0 Å². The van der Waals surface area contributed by atoms with E-state index in [0.29, 0.717) is 0 Å². The van der Waals surface area contributed by atoms with Crippen LogP contribution in [0, 0.1) is 0 Å². The van der Waals surface area contributed by atoms with E-state index in [1.54, 1.807) is 0 Å². The monoisotopic (exact) mass is 547 g/mol. The van der Waals surface area contributed by atoms with Crippen LogP contribution in [0.1, 0.15) is 0 Å². The normalized spacial score (nSPS) is 11.7. The first-order chi connectivity index (χ1) is 21.3. The first-order valence-electron chi connectivity index (χ1n) is 14.6. The van der Waals surface area contributed by atoms with Gasteiger partial charge in [0.2, 0.25) is 0 Å². The summed E-state index contributed by atoms with van der Waals surface area (Å²) in [6.45, 7) is 0. The van der Waals surface area contributed by atoms with Crippen LogP contribution in [0.25, 0.3) is 82.7 Å². The highest BCUT2D eigenvalue weighted by Crippen LogP contribution is 2.39. The number of hydrogen-bond donors (Lipinski definition) is 0. The molecule has 1 aromatic heterocycles. The van der Waals surface area contributed by atoms with Crippen LogP contribution in [-0.2, 0) is 0 Å². The van der Waals surface area contributed by atoms with Crippen LogP contribution >= 0.6 is 0 Å². The molecule has 9 aromatic rings. The quantitative estimate of drug-likeness (QED) is 0.205. The molecule has 3 nitrogen and oxygen atoms in total. The second kappa shape index (κ2) is 9.37. The molecule has 0 saturated heterocycles. The van der Waals surface area contributed by atoms with Crippen molar-refractivity contribution < 1.29 is 0 Å². The second-order valence-corrected chi connectivity index (χ2v) is 11.1. The molecule has 8 aromatic carbocycles. The van der Waals surface area contributed by atoms with Gasteiger partial charge in [-0.05, 0) is 78.5 Å². The minimum Gasteiger partial charge on any atom is -0.213 e. The lowest BCUT2D eigenvalue weighted by atomic mass is 9.92. The Morgan fingerprint density at radius 3 is 1.84 bits per heavy atom. The molecule has 0 aliphatic heterocycles. The molecule has 0 N–H and O–H groups in total. The molecule has 0 atom stereocenters. The predicted molar refractivity (Wildman–Crippen MR) is 179 cm³/mol. The Hall–Kier alpha value is -5.80. The Morgan fingerprint density at radius 2 is 1.02 bits per heavy atom. The number of fused-ring (bicyclic) bond motifs is 1. The molecular formula is C40H25N3. The molecule has 9 rings (SSSR count). The van der Waals surface area contributed by atoms with E-state index in [2.05, 4.69) is 133 Å². The van der Waals surface area contributed by atoms with Crippen molar-refractivity contribution in [3.05, 3.63) is 152 Å². The summed E-state index contributed by atoms with van der Waals surface area (Å²) in [5, 5.41) is 15.1. The number of nitrogens with zero attached hydrogens (tertiary/aromatic N) is 3. The summed E-state index contributed by atoms with van der Waals surface area (Å²) < 4.78 is 1.97. The van der Waals surface area contributed by atoms with E-state index in [4.69, 9.17) is 10.1 Å². The highest BCUT2D eigenvalue weighted by molar-refractivity contribution is 6.25. The average molecular weight is 548 g/mol. The van der Waals surface area contributed by atoms with Crippen LogP contribution in [-0.4, -0.2) is 14.8 Å². The fourth-order valence-electron chi connectivity index (χ4n) is 6.47. The van der Waals surface area contributed by atoms with Gasteiger partial charge in [-0.1, -0.05) is 127 Å². The molecular weight excluding hydrogens is 522 g/mol. The minimum absolute atomic E-state index is 0.718. The third-order valence-electron chi connectivity index (χ3n) is 8.60. The third kappa shape index (κ3) is 3.83. The molecule has 0 spiro atoms. The van der Waals surface area contributed by atoms with E-state index in [0.717, 1.165) is 28.5 Å². The molecule has 0 aliphatic carbocycles. The van der Waals surface area contributed by atoms with Gasteiger partial charge in [0.15, 0.2) is 11.6 Å². The van der Waals surface area contributed by atoms with Gasteiger partial charge in [-0.2, -0.15) is 0 Å². The van der Waals surface area contributed by atoms with Crippen molar-refractivity contribution in [1.29, 1.82) is 0 Å². The molecule has 0 bridgehead atoms. The van der Waals surface area contributed by atoms with Gasteiger partial charge in [-0.3, -0.25) is 0 Å². The van der Waals surface area contributed by atoms with Crippen molar-refractivity contribution >= 4 is 43.1 Å². The predicted octanol–water partition coefficient (Wildman–Crippen LogP) is 10.3. The number of rotatable bonds is 4. The maximum absolute atomic E-state index is 5.20. The van der Waals surface area contributed by atoms with Crippen LogP contribution in [0.4, 0.5) is 0 Å². The summed E-state index contributed by atoms with van der Waals surface area (Å²) in [7, 11) is 0. The highest BCUT2D eigenvalue weighted by atomic mass is 15.4. The summed E-state index contributed by atoms with van der Waals surface area (Å²) in [5.41, 5.74) is 5.41. The van der Waals surface area contributed by atoms with Gasteiger partial charge >= 0.3 is 0 Å². The fraction of sp³-hybridized carbons (Fsp3) is 0. The molecule has 0 radical (unpaired) electrons. The summed E-state index contributed by atoms with van der Waals surface area (Å²) in [4.78, 5) is 5.20. The highest BCUT2D eigenvalue weighted by Gasteiger charge is 2.19. The molecule has 43 heavy (non-hydrogen) atoms. The first kappa shape index (κ1) is 23.9. The van der Waals surface area contributed by atoms with Crippen LogP contribution in [0.3, 0.4) is 0 Å². The average Bonchev–Trinajstić information content (AvgIpc) is 3.53. The van der Waals surface area contributed by atoms with E-state index in [1.165, 1.54) is 54.2 Å². The van der Waals surface area contributed by atoms with Crippen molar-refractivity contribution in [1.82, 2.24) is 14.8 Å². The molecule has 1 heterocycles. The molecule has 3 heteroatoms. The zero-order chi connectivity index (χ0) is 28.3. The Morgan fingerprint density at radius 1 is 0.419 bits per heavy atom. The maximum atomic E-state index is 5.20. The minimum atomic E-state index is 0.718. The van der Waals surface area contributed by atoms with Gasteiger partial charge in [0.25, 0.3) is 0 Å². The maximum Gasteiger partial charge on any atom is 0.182 e. The zero-order valence-electron chi connectivity index (χ0n) is 23.3. The van der Waals surface area contributed by atoms with E-state index >= 15 is 0 Å². The lowest BCUT2D eigenvalue weighted by molar-refractivity contribution is 0.891. The molecule has 200 valence electrons. The van der Waals surface area contributed by atoms with Crippen molar-refractivity contribution in [2.45, 2.75) is 0 Å². The van der Waals surface area contributed by atoms with Crippen molar-refractivity contribution in [2.75, 3.05) is 0 Å². The van der Waals surface area contributed by atoms with Crippen LogP contribution in [0.5, 0.6) is 0 Å². The number of hydrogen-bond acceptors (Lipinski definition) is 2.